The van der Waals surface area contributed by atoms with Crippen molar-refractivity contribution in [3.63, 3.8) is 0 Å². The molecule has 1 fully saturated rings. The summed E-state index contributed by atoms with van der Waals surface area (Å²) >= 11 is 3.40. The van der Waals surface area contributed by atoms with Crippen LogP contribution >= 0.6 is 15.9 Å². The van der Waals surface area contributed by atoms with Crippen molar-refractivity contribution >= 4 is 21.8 Å². The molecule has 3 nitrogen and oxygen atoms in total. The number of carbonyl (C=O) groups excluding carboxylic acids is 1. The fourth-order valence-electron chi connectivity index (χ4n) is 1.43. The molecule has 0 aliphatic heterocycles. The van der Waals surface area contributed by atoms with E-state index in [0.717, 1.165) is 10.0 Å². The van der Waals surface area contributed by atoms with Gasteiger partial charge in [0.2, 0.25) is 5.91 Å². The number of amides is 1. The van der Waals surface area contributed by atoms with Gasteiger partial charge in [-0.15, -0.1) is 0 Å². The molecule has 0 radical (unpaired) electrons. The molecule has 4 heteroatoms. The first kappa shape index (κ1) is 11.6. The third-order valence-electron chi connectivity index (χ3n) is 2.51. The van der Waals surface area contributed by atoms with Crippen LogP contribution in [0.1, 0.15) is 18.4 Å². The molecule has 2 N–H and O–H groups in total. The van der Waals surface area contributed by atoms with Gasteiger partial charge in [0.15, 0.2) is 0 Å². The van der Waals surface area contributed by atoms with Gasteiger partial charge in [0.05, 0.1) is 6.54 Å². The molecule has 86 valence electrons. The zero-order valence-electron chi connectivity index (χ0n) is 9.00. The highest BCUT2D eigenvalue weighted by molar-refractivity contribution is 9.10. The maximum absolute atomic E-state index is 11.4. The Morgan fingerprint density at radius 2 is 2.25 bits per heavy atom. The Morgan fingerprint density at radius 1 is 1.44 bits per heavy atom. The van der Waals surface area contributed by atoms with Crippen molar-refractivity contribution < 1.29 is 4.79 Å². The van der Waals surface area contributed by atoms with E-state index in [1.807, 2.05) is 24.3 Å². The van der Waals surface area contributed by atoms with Crippen LogP contribution < -0.4 is 10.6 Å². The third-order valence-corrected chi connectivity index (χ3v) is 3.00. The summed E-state index contributed by atoms with van der Waals surface area (Å²) in [5.74, 6) is 0.0619. The Kier molecular flexibility index (Phi) is 3.96. The summed E-state index contributed by atoms with van der Waals surface area (Å²) < 4.78 is 1.04. The molecule has 1 aromatic rings. The van der Waals surface area contributed by atoms with Crippen LogP contribution in [0.25, 0.3) is 0 Å². The van der Waals surface area contributed by atoms with Gasteiger partial charge in [-0.25, -0.2) is 0 Å². The molecule has 1 aliphatic rings. The first-order valence-corrected chi connectivity index (χ1v) is 6.28. The molecule has 1 aliphatic carbocycles. The molecular formula is C12H15BrN2O. The van der Waals surface area contributed by atoms with E-state index in [1.54, 1.807) is 0 Å². The third kappa shape index (κ3) is 3.94. The molecule has 0 atom stereocenters. The Bertz CT molecular complexity index is 377. The van der Waals surface area contributed by atoms with Crippen LogP contribution in [0.4, 0.5) is 0 Å². The summed E-state index contributed by atoms with van der Waals surface area (Å²) in [7, 11) is 0. The number of hydrogen-bond donors (Lipinski definition) is 2. The van der Waals surface area contributed by atoms with Crippen molar-refractivity contribution in [3.05, 3.63) is 34.3 Å². The molecule has 0 saturated heterocycles. The smallest absolute Gasteiger partial charge is 0.234 e. The average molecular weight is 283 g/mol. The second kappa shape index (κ2) is 5.46. The van der Waals surface area contributed by atoms with Crippen LogP contribution in [0.5, 0.6) is 0 Å². The summed E-state index contributed by atoms with van der Waals surface area (Å²) in [6.07, 6.45) is 2.41. The van der Waals surface area contributed by atoms with E-state index < -0.39 is 0 Å². The van der Waals surface area contributed by atoms with Crippen molar-refractivity contribution in [1.29, 1.82) is 0 Å². The van der Waals surface area contributed by atoms with Crippen LogP contribution in [-0.4, -0.2) is 18.5 Å². The molecule has 1 aromatic carbocycles. The fourth-order valence-corrected chi connectivity index (χ4v) is 1.88. The highest BCUT2D eigenvalue weighted by Crippen LogP contribution is 2.17. The maximum atomic E-state index is 11.4. The molecule has 0 spiro atoms. The molecule has 0 heterocycles. The lowest BCUT2D eigenvalue weighted by molar-refractivity contribution is -0.120. The van der Waals surface area contributed by atoms with E-state index in [-0.39, 0.29) is 5.91 Å². The maximum Gasteiger partial charge on any atom is 0.234 e. The fraction of sp³-hybridized carbons (Fsp3) is 0.417. The summed E-state index contributed by atoms with van der Waals surface area (Å²) in [5, 5.41) is 6.07. The lowest BCUT2D eigenvalue weighted by Crippen LogP contribution is -2.34. The first-order valence-electron chi connectivity index (χ1n) is 5.48. The minimum atomic E-state index is 0.0619. The quantitative estimate of drug-likeness (QED) is 0.865. The van der Waals surface area contributed by atoms with Crippen molar-refractivity contribution in [2.45, 2.75) is 25.4 Å². The van der Waals surface area contributed by atoms with Gasteiger partial charge in [0, 0.05) is 17.1 Å². The average Bonchev–Trinajstić information content (AvgIpc) is 3.07. The Hall–Kier alpha value is -0.870. The van der Waals surface area contributed by atoms with Gasteiger partial charge in [-0.05, 0) is 30.5 Å². The van der Waals surface area contributed by atoms with Crippen LogP contribution in [0.3, 0.4) is 0 Å². The highest BCUT2D eigenvalue weighted by atomic mass is 79.9. The van der Waals surface area contributed by atoms with Gasteiger partial charge in [-0.2, -0.15) is 0 Å². The van der Waals surface area contributed by atoms with Crippen molar-refractivity contribution in [1.82, 2.24) is 10.6 Å². The number of halogens is 1. The number of carbonyl (C=O) groups is 1. The zero-order chi connectivity index (χ0) is 11.4. The van der Waals surface area contributed by atoms with Gasteiger partial charge >= 0.3 is 0 Å². The van der Waals surface area contributed by atoms with Gasteiger partial charge in [0.1, 0.15) is 0 Å². The van der Waals surface area contributed by atoms with E-state index >= 15 is 0 Å². The molecule has 0 unspecified atom stereocenters. The lowest BCUT2D eigenvalue weighted by atomic mass is 10.2. The van der Waals surface area contributed by atoms with Crippen LogP contribution in [0.2, 0.25) is 0 Å². The summed E-state index contributed by atoms with van der Waals surface area (Å²) in [5.41, 5.74) is 1.11. The van der Waals surface area contributed by atoms with Gasteiger partial charge < -0.3 is 10.6 Å². The summed E-state index contributed by atoms with van der Waals surface area (Å²) in [6.45, 7) is 1.02. The number of rotatable bonds is 5. The predicted molar refractivity (Wildman–Crippen MR) is 67.0 cm³/mol. The SMILES string of the molecule is O=C(CNC1CC1)NCc1cccc(Br)c1. The minimum absolute atomic E-state index is 0.0619. The van der Waals surface area contributed by atoms with Crippen LogP contribution in [0.15, 0.2) is 28.7 Å². The number of benzene rings is 1. The Morgan fingerprint density at radius 3 is 2.94 bits per heavy atom. The van der Waals surface area contributed by atoms with E-state index in [1.165, 1.54) is 12.8 Å². The second-order valence-electron chi connectivity index (χ2n) is 4.06. The Labute approximate surface area is 104 Å². The van der Waals surface area contributed by atoms with Gasteiger partial charge in [0.25, 0.3) is 0 Å². The normalized spacial score (nSPS) is 14.8. The van der Waals surface area contributed by atoms with Crippen molar-refractivity contribution in [2.24, 2.45) is 0 Å². The number of hydrogen-bond acceptors (Lipinski definition) is 2. The standard InChI is InChI=1S/C12H15BrN2O/c13-10-3-1-2-9(6-10)7-15-12(16)8-14-11-4-5-11/h1-3,6,11,14H,4-5,7-8H2,(H,15,16). The van der Waals surface area contributed by atoms with Gasteiger partial charge in [-0.1, -0.05) is 28.1 Å². The summed E-state index contributed by atoms with van der Waals surface area (Å²) in [4.78, 5) is 11.4. The van der Waals surface area contributed by atoms with Crippen LogP contribution in [-0.2, 0) is 11.3 Å². The molecule has 16 heavy (non-hydrogen) atoms. The second-order valence-corrected chi connectivity index (χ2v) is 4.98. The molecule has 1 saturated carbocycles. The molecule has 0 bridgehead atoms. The largest absolute Gasteiger partial charge is 0.351 e. The minimum Gasteiger partial charge on any atom is -0.351 e. The summed E-state index contributed by atoms with van der Waals surface area (Å²) in [6, 6.07) is 8.53. The van der Waals surface area contributed by atoms with E-state index in [9.17, 15) is 4.79 Å². The molecule has 1 amide bonds. The van der Waals surface area contributed by atoms with E-state index in [2.05, 4.69) is 26.6 Å². The Balaban J connectivity index is 1.71. The van der Waals surface area contributed by atoms with E-state index in [0.29, 0.717) is 19.1 Å². The van der Waals surface area contributed by atoms with Crippen molar-refractivity contribution in [3.8, 4) is 0 Å². The first-order chi connectivity index (χ1) is 7.74. The zero-order valence-corrected chi connectivity index (χ0v) is 10.6. The van der Waals surface area contributed by atoms with Crippen molar-refractivity contribution in [2.75, 3.05) is 6.54 Å². The molecular weight excluding hydrogens is 268 g/mol. The molecule has 2 rings (SSSR count). The predicted octanol–water partition coefficient (Wildman–Crippen LogP) is 1.82. The van der Waals surface area contributed by atoms with E-state index in [4.69, 9.17) is 0 Å². The molecule has 0 aromatic heterocycles. The topological polar surface area (TPSA) is 41.1 Å². The highest BCUT2D eigenvalue weighted by Gasteiger charge is 2.20. The number of nitrogens with one attached hydrogen (secondary N) is 2. The lowest BCUT2D eigenvalue weighted by Gasteiger charge is -2.06. The monoisotopic (exact) mass is 282 g/mol. The van der Waals surface area contributed by atoms with Gasteiger partial charge in [-0.3, -0.25) is 4.79 Å². The van der Waals surface area contributed by atoms with Crippen LogP contribution in [0, 0.1) is 0 Å².